The third-order valence-corrected chi connectivity index (χ3v) is 6.90. The zero-order valence-corrected chi connectivity index (χ0v) is 19.4. The first-order chi connectivity index (χ1) is 12.6. The van der Waals surface area contributed by atoms with Gasteiger partial charge in [-0.15, -0.1) is 0 Å². The van der Waals surface area contributed by atoms with E-state index >= 15 is 0 Å². The van der Waals surface area contributed by atoms with Crippen LogP contribution in [-0.4, -0.2) is 25.5 Å². The molecule has 0 heterocycles. The molecule has 0 aliphatic carbocycles. The van der Waals surface area contributed by atoms with Gasteiger partial charge < -0.3 is 5.11 Å². The Hall–Kier alpha value is -1.40. The number of hydrogen-bond donors (Lipinski definition) is 2. The number of hydrogen-bond acceptors (Lipinski definition) is 3. The third-order valence-electron chi connectivity index (χ3n) is 5.13. The molecule has 2 atom stereocenters. The summed E-state index contributed by atoms with van der Waals surface area (Å²) in [6.07, 6.45) is 1.52. The fourth-order valence-corrected chi connectivity index (χ4v) is 5.71. The number of carbonyl (C=O) groups is 1. The normalized spacial score (nSPS) is 14.9. The highest BCUT2D eigenvalue weighted by atomic mass is 32.2. The Kier molecular flexibility index (Phi) is 8.27. The Labute approximate surface area is 171 Å². The Morgan fingerprint density at radius 1 is 1.07 bits per heavy atom. The summed E-state index contributed by atoms with van der Waals surface area (Å²) in [5.41, 5.74) is 2.14. The van der Waals surface area contributed by atoms with Crippen molar-refractivity contribution in [2.24, 2.45) is 17.3 Å². The van der Waals surface area contributed by atoms with E-state index in [1.165, 1.54) is 0 Å². The monoisotopic (exact) mass is 411 g/mol. The topological polar surface area (TPSA) is 83.5 Å². The summed E-state index contributed by atoms with van der Waals surface area (Å²) in [5, 5.41) is 9.51. The molecule has 1 aromatic carbocycles. The molecule has 28 heavy (non-hydrogen) atoms. The summed E-state index contributed by atoms with van der Waals surface area (Å²) in [5.74, 6) is -0.990. The van der Waals surface area contributed by atoms with Crippen molar-refractivity contribution in [3.05, 3.63) is 28.8 Å². The van der Waals surface area contributed by atoms with E-state index < -0.39 is 21.9 Å². The highest BCUT2D eigenvalue weighted by Gasteiger charge is 2.32. The van der Waals surface area contributed by atoms with Crippen LogP contribution in [0.3, 0.4) is 0 Å². The van der Waals surface area contributed by atoms with E-state index in [-0.39, 0.29) is 17.4 Å². The van der Waals surface area contributed by atoms with Gasteiger partial charge in [0.15, 0.2) is 0 Å². The highest BCUT2D eigenvalue weighted by molar-refractivity contribution is 7.89. The standard InChI is InChI=1S/C22H37NO4S/c1-14(2)11-18(21(24)25)9-10-19(22(6,7)8)23-28(26,27)20-16(4)12-15(3)13-17(20)5/h12-14,18-19,23H,9-11H2,1-8H3,(H,24,25). The summed E-state index contributed by atoms with van der Waals surface area (Å²) >= 11 is 0. The number of carboxylic acid groups (broad SMARTS) is 1. The van der Waals surface area contributed by atoms with Crippen molar-refractivity contribution >= 4 is 16.0 Å². The summed E-state index contributed by atoms with van der Waals surface area (Å²) < 4.78 is 29.2. The maximum atomic E-state index is 13.2. The molecule has 5 nitrogen and oxygen atoms in total. The van der Waals surface area contributed by atoms with Crippen molar-refractivity contribution in [3.63, 3.8) is 0 Å². The summed E-state index contributed by atoms with van der Waals surface area (Å²) in [6.45, 7) is 15.5. The molecule has 1 rings (SSSR count). The van der Waals surface area contributed by atoms with Crippen LogP contribution in [0.2, 0.25) is 0 Å². The second kappa shape index (κ2) is 9.40. The molecule has 0 bridgehead atoms. The van der Waals surface area contributed by atoms with Crippen LogP contribution >= 0.6 is 0 Å². The van der Waals surface area contributed by atoms with E-state index in [2.05, 4.69) is 4.72 Å². The van der Waals surface area contributed by atoms with E-state index in [1.54, 1.807) is 0 Å². The van der Waals surface area contributed by atoms with Crippen molar-refractivity contribution in [2.75, 3.05) is 0 Å². The van der Waals surface area contributed by atoms with Crippen LogP contribution in [0.15, 0.2) is 17.0 Å². The minimum atomic E-state index is -3.71. The van der Waals surface area contributed by atoms with Crippen LogP contribution < -0.4 is 4.72 Å². The van der Waals surface area contributed by atoms with E-state index in [1.807, 2.05) is 67.5 Å². The zero-order chi connectivity index (χ0) is 21.9. The SMILES string of the molecule is Cc1cc(C)c(S(=O)(=O)NC(CCC(CC(C)C)C(=O)O)C(C)(C)C)c(C)c1. The average molecular weight is 412 g/mol. The van der Waals surface area contributed by atoms with Crippen molar-refractivity contribution in [1.29, 1.82) is 0 Å². The zero-order valence-electron chi connectivity index (χ0n) is 18.6. The molecule has 0 fully saturated rings. The second-order valence-corrected chi connectivity index (χ2v) is 11.2. The molecule has 2 N–H and O–H groups in total. The van der Waals surface area contributed by atoms with Crippen LogP contribution in [0.4, 0.5) is 0 Å². The van der Waals surface area contributed by atoms with Gasteiger partial charge in [0.05, 0.1) is 10.8 Å². The Morgan fingerprint density at radius 3 is 1.96 bits per heavy atom. The third kappa shape index (κ3) is 6.89. The van der Waals surface area contributed by atoms with E-state index in [9.17, 15) is 18.3 Å². The molecule has 0 aromatic heterocycles. The quantitative estimate of drug-likeness (QED) is 0.609. The Morgan fingerprint density at radius 2 is 1.57 bits per heavy atom. The van der Waals surface area contributed by atoms with Gasteiger partial charge in [-0.3, -0.25) is 4.79 Å². The van der Waals surface area contributed by atoms with Gasteiger partial charge >= 0.3 is 5.97 Å². The van der Waals surface area contributed by atoms with Gasteiger partial charge in [-0.05, 0) is 62.5 Å². The first-order valence-corrected chi connectivity index (χ1v) is 11.5. The summed E-state index contributed by atoms with van der Waals surface area (Å²) in [4.78, 5) is 11.9. The fourth-order valence-electron chi connectivity index (χ4n) is 3.78. The van der Waals surface area contributed by atoms with Crippen molar-refractivity contribution in [1.82, 2.24) is 4.72 Å². The maximum Gasteiger partial charge on any atom is 0.306 e. The number of aryl methyl sites for hydroxylation is 3. The lowest BCUT2D eigenvalue weighted by Crippen LogP contribution is -2.44. The molecule has 0 spiro atoms. The highest BCUT2D eigenvalue weighted by Crippen LogP contribution is 2.29. The number of carboxylic acids is 1. The van der Waals surface area contributed by atoms with Gasteiger partial charge in [-0.1, -0.05) is 52.3 Å². The fraction of sp³-hybridized carbons (Fsp3) is 0.682. The predicted octanol–water partition coefficient (Wildman–Crippen LogP) is 4.83. The molecular weight excluding hydrogens is 374 g/mol. The smallest absolute Gasteiger partial charge is 0.306 e. The minimum Gasteiger partial charge on any atom is -0.481 e. The van der Waals surface area contributed by atoms with E-state index in [0.717, 1.165) is 16.7 Å². The number of nitrogens with one attached hydrogen (secondary N) is 1. The average Bonchev–Trinajstić information content (AvgIpc) is 2.46. The lowest BCUT2D eigenvalue weighted by atomic mass is 9.82. The maximum absolute atomic E-state index is 13.2. The number of benzene rings is 1. The van der Waals surface area contributed by atoms with E-state index in [0.29, 0.717) is 24.2 Å². The Balaban J connectivity index is 3.12. The minimum absolute atomic E-state index is 0.281. The van der Waals surface area contributed by atoms with Crippen molar-refractivity contribution < 1.29 is 18.3 Å². The lowest BCUT2D eigenvalue weighted by Gasteiger charge is -2.32. The van der Waals surface area contributed by atoms with Gasteiger partial charge in [0.25, 0.3) is 0 Å². The van der Waals surface area contributed by atoms with Crippen LogP contribution in [-0.2, 0) is 14.8 Å². The Bertz CT molecular complexity index is 768. The van der Waals surface area contributed by atoms with Crippen LogP contribution in [0.5, 0.6) is 0 Å². The molecule has 0 aliphatic rings. The van der Waals surface area contributed by atoms with Gasteiger partial charge in [0.1, 0.15) is 0 Å². The van der Waals surface area contributed by atoms with Gasteiger partial charge in [0.2, 0.25) is 10.0 Å². The molecule has 0 radical (unpaired) electrons. The van der Waals surface area contributed by atoms with Gasteiger partial charge in [0, 0.05) is 6.04 Å². The first kappa shape index (κ1) is 24.6. The van der Waals surface area contributed by atoms with Gasteiger partial charge in [-0.25, -0.2) is 13.1 Å². The molecule has 1 aromatic rings. The summed E-state index contributed by atoms with van der Waals surface area (Å²) in [6, 6.07) is 3.39. The first-order valence-electron chi connectivity index (χ1n) is 9.98. The van der Waals surface area contributed by atoms with Crippen LogP contribution in [0.1, 0.15) is 70.6 Å². The molecule has 6 heteroatoms. The lowest BCUT2D eigenvalue weighted by molar-refractivity contribution is -0.142. The van der Waals surface area contributed by atoms with E-state index in [4.69, 9.17) is 0 Å². The molecular formula is C22H37NO4S. The van der Waals surface area contributed by atoms with Gasteiger partial charge in [-0.2, -0.15) is 0 Å². The predicted molar refractivity (Wildman–Crippen MR) is 114 cm³/mol. The second-order valence-electron chi connectivity index (χ2n) is 9.51. The largest absolute Gasteiger partial charge is 0.481 e. The van der Waals surface area contributed by atoms with Crippen molar-refractivity contribution in [3.8, 4) is 0 Å². The summed E-state index contributed by atoms with van der Waals surface area (Å²) in [7, 11) is -3.71. The molecule has 0 amide bonds. The van der Waals surface area contributed by atoms with Crippen LogP contribution in [0, 0.1) is 38.0 Å². The number of rotatable bonds is 9. The molecule has 0 aliphatic heterocycles. The molecule has 0 saturated carbocycles. The van der Waals surface area contributed by atoms with Crippen LogP contribution in [0.25, 0.3) is 0 Å². The molecule has 0 saturated heterocycles. The van der Waals surface area contributed by atoms with Crippen molar-refractivity contribution in [2.45, 2.75) is 85.6 Å². The number of aliphatic carboxylic acids is 1. The number of sulfonamides is 1. The molecule has 160 valence electrons. The molecule has 2 unspecified atom stereocenters.